The molecular weight excluding hydrogens is 552 g/mol. The molecule has 45 heavy (non-hydrogen) atoms. The summed E-state index contributed by atoms with van der Waals surface area (Å²) >= 11 is 0. The Morgan fingerprint density at radius 3 is 1.67 bits per heavy atom. The van der Waals surface area contributed by atoms with Gasteiger partial charge in [0, 0.05) is 27.6 Å². The zero-order valence-corrected chi connectivity index (χ0v) is 24.1. The van der Waals surface area contributed by atoms with Crippen molar-refractivity contribution in [2.24, 2.45) is 0 Å². The van der Waals surface area contributed by atoms with Gasteiger partial charge in [0.25, 0.3) is 0 Å². The van der Waals surface area contributed by atoms with Gasteiger partial charge in [-0.2, -0.15) is 0 Å². The molecule has 0 fully saturated rings. The van der Waals surface area contributed by atoms with Crippen molar-refractivity contribution in [1.82, 2.24) is 19.9 Å². The van der Waals surface area contributed by atoms with Gasteiger partial charge in [-0.15, -0.1) is 0 Å². The first kappa shape index (κ1) is 25.3. The Balaban J connectivity index is 1.24. The van der Waals surface area contributed by atoms with Crippen LogP contribution in [0.25, 0.3) is 89.0 Å². The topological polar surface area (TPSA) is 64.7 Å². The summed E-state index contributed by atoms with van der Waals surface area (Å²) < 4.78 is 6.64. The molecule has 2 aromatic heterocycles. The van der Waals surface area contributed by atoms with Gasteiger partial charge in [-0.1, -0.05) is 127 Å². The first-order valence-corrected chi connectivity index (χ1v) is 14.9. The number of aromatic nitrogens is 4. The van der Waals surface area contributed by atoms with Crippen LogP contribution in [0, 0.1) is 0 Å². The molecule has 5 heteroatoms. The average molecular weight is 577 g/mol. The Morgan fingerprint density at radius 2 is 0.956 bits per heavy atom. The summed E-state index contributed by atoms with van der Waals surface area (Å²) in [5, 5.41) is 6.66. The van der Waals surface area contributed by atoms with Crippen molar-refractivity contribution >= 4 is 43.4 Å². The predicted octanol–water partition coefficient (Wildman–Crippen LogP) is 10.1. The van der Waals surface area contributed by atoms with E-state index in [0.717, 1.165) is 54.9 Å². The van der Waals surface area contributed by atoms with E-state index in [4.69, 9.17) is 24.4 Å². The van der Waals surface area contributed by atoms with Gasteiger partial charge in [0.1, 0.15) is 5.52 Å². The van der Waals surface area contributed by atoms with Crippen molar-refractivity contribution in [3.63, 3.8) is 0 Å². The number of oxazole rings is 1. The smallest absolute Gasteiger partial charge is 0.227 e. The first-order chi connectivity index (χ1) is 22.3. The van der Waals surface area contributed by atoms with Gasteiger partial charge in [0.05, 0.1) is 0 Å². The zero-order chi connectivity index (χ0) is 29.7. The highest BCUT2D eigenvalue weighted by Crippen LogP contribution is 2.38. The Bertz CT molecular complexity index is 2480. The molecule has 9 rings (SSSR count). The van der Waals surface area contributed by atoms with Crippen LogP contribution >= 0.6 is 0 Å². The summed E-state index contributed by atoms with van der Waals surface area (Å²) in [4.78, 5) is 19.7. The van der Waals surface area contributed by atoms with Crippen LogP contribution in [0.3, 0.4) is 0 Å². The van der Waals surface area contributed by atoms with E-state index in [-0.39, 0.29) is 0 Å². The number of nitrogens with zero attached hydrogens (tertiary/aromatic N) is 4. The molecule has 0 radical (unpaired) electrons. The highest BCUT2D eigenvalue weighted by molar-refractivity contribution is 6.13. The lowest BCUT2D eigenvalue weighted by Gasteiger charge is -2.09. The third-order valence-corrected chi connectivity index (χ3v) is 8.33. The van der Waals surface area contributed by atoms with E-state index in [1.807, 2.05) is 66.7 Å². The van der Waals surface area contributed by atoms with Crippen LogP contribution in [0.2, 0.25) is 0 Å². The van der Waals surface area contributed by atoms with Gasteiger partial charge in [-0.05, 0) is 45.1 Å². The first-order valence-electron chi connectivity index (χ1n) is 14.9. The molecule has 0 unspecified atom stereocenters. The van der Waals surface area contributed by atoms with Crippen LogP contribution in [0.1, 0.15) is 0 Å². The molecule has 0 spiro atoms. The third-order valence-electron chi connectivity index (χ3n) is 8.33. The van der Waals surface area contributed by atoms with Crippen molar-refractivity contribution in [1.29, 1.82) is 0 Å². The maximum Gasteiger partial charge on any atom is 0.227 e. The van der Waals surface area contributed by atoms with E-state index in [0.29, 0.717) is 23.4 Å². The van der Waals surface area contributed by atoms with Crippen LogP contribution in [0.15, 0.2) is 150 Å². The number of rotatable bonds is 4. The largest absolute Gasteiger partial charge is 0.435 e. The lowest BCUT2D eigenvalue weighted by molar-refractivity contribution is 0.624. The number of hydrogen-bond acceptors (Lipinski definition) is 5. The molecule has 0 N–H and O–H groups in total. The third kappa shape index (κ3) is 4.33. The van der Waals surface area contributed by atoms with E-state index in [9.17, 15) is 0 Å². The SMILES string of the molecule is c1ccc(-c2nc(-c3ccccc3)nc(-c3ccc4ccc5nc(-c6cc7ccccc7c7ccccc67)oc5c4c3)n2)cc1. The Labute approximate surface area is 258 Å². The van der Waals surface area contributed by atoms with Crippen LogP contribution in [0.4, 0.5) is 0 Å². The van der Waals surface area contributed by atoms with Crippen molar-refractivity contribution in [2.45, 2.75) is 0 Å². The highest BCUT2D eigenvalue weighted by atomic mass is 16.3. The summed E-state index contributed by atoms with van der Waals surface area (Å²) in [6, 6.07) is 49.4. The summed E-state index contributed by atoms with van der Waals surface area (Å²) in [5.74, 6) is 2.45. The Hall–Kier alpha value is -6.20. The minimum absolute atomic E-state index is 0.599. The molecular formula is C40H24N4O. The molecule has 0 saturated heterocycles. The highest BCUT2D eigenvalue weighted by Gasteiger charge is 2.17. The van der Waals surface area contributed by atoms with Crippen LogP contribution < -0.4 is 0 Å². The molecule has 0 atom stereocenters. The van der Waals surface area contributed by atoms with Crippen molar-refractivity contribution in [2.75, 3.05) is 0 Å². The van der Waals surface area contributed by atoms with E-state index in [2.05, 4.69) is 78.9 Å². The molecule has 0 aliphatic heterocycles. The van der Waals surface area contributed by atoms with Gasteiger partial charge in [0.15, 0.2) is 23.1 Å². The fourth-order valence-corrected chi connectivity index (χ4v) is 6.13. The average Bonchev–Trinajstić information content (AvgIpc) is 3.57. The van der Waals surface area contributed by atoms with E-state index in [1.54, 1.807) is 0 Å². The monoisotopic (exact) mass is 576 g/mol. The lowest BCUT2D eigenvalue weighted by Crippen LogP contribution is -2.00. The number of hydrogen-bond donors (Lipinski definition) is 0. The van der Waals surface area contributed by atoms with E-state index >= 15 is 0 Å². The summed E-state index contributed by atoms with van der Waals surface area (Å²) in [6.45, 7) is 0. The van der Waals surface area contributed by atoms with E-state index in [1.165, 1.54) is 10.8 Å². The quantitative estimate of drug-likeness (QED) is 0.195. The van der Waals surface area contributed by atoms with Crippen LogP contribution in [-0.4, -0.2) is 19.9 Å². The predicted molar refractivity (Wildman–Crippen MR) is 182 cm³/mol. The molecule has 2 heterocycles. The second kappa shape index (κ2) is 10.2. The molecule has 0 aliphatic rings. The molecule has 9 aromatic rings. The molecule has 0 amide bonds. The second-order valence-corrected chi connectivity index (χ2v) is 11.1. The fraction of sp³-hybridized carbons (Fsp3) is 0. The minimum atomic E-state index is 0.599. The summed E-state index contributed by atoms with van der Waals surface area (Å²) in [7, 11) is 0. The summed E-state index contributed by atoms with van der Waals surface area (Å²) in [5.41, 5.74) is 5.26. The van der Waals surface area contributed by atoms with Crippen molar-refractivity contribution in [3.8, 4) is 45.6 Å². The number of benzene rings is 7. The minimum Gasteiger partial charge on any atom is -0.435 e. The normalized spacial score (nSPS) is 11.6. The summed E-state index contributed by atoms with van der Waals surface area (Å²) in [6.07, 6.45) is 0. The lowest BCUT2D eigenvalue weighted by atomic mass is 9.97. The van der Waals surface area contributed by atoms with Crippen LogP contribution in [-0.2, 0) is 0 Å². The van der Waals surface area contributed by atoms with Crippen LogP contribution in [0.5, 0.6) is 0 Å². The number of fused-ring (bicyclic) bond motifs is 6. The maximum atomic E-state index is 6.64. The second-order valence-electron chi connectivity index (χ2n) is 11.1. The Kier molecular flexibility index (Phi) is 5.74. The van der Waals surface area contributed by atoms with Gasteiger partial charge < -0.3 is 4.42 Å². The molecule has 210 valence electrons. The van der Waals surface area contributed by atoms with Crippen molar-refractivity contribution in [3.05, 3.63) is 146 Å². The maximum absolute atomic E-state index is 6.64. The molecule has 0 bridgehead atoms. The van der Waals surface area contributed by atoms with Gasteiger partial charge in [-0.3, -0.25) is 0 Å². The molecule has 5 nitrogen and oxygen atoms in total. The Morgan fingerprint density at radius 1 is 0.378 bits per heavy atom. The molecule has 0 aliphatic carbocycles. The fourth-order valence-electron chi connectivity index (χ4n) is 6.13. The van der Waals surface area contributed by atoms with Crippen molar-refractivity contribution < 1.29 is 4.42 Å². The van der Waals surface area contributed by atoms with E-state index < -0.39 is 0 Å². The molecule has 0 saturated carbocycles. The van der Waals surface area contributed by atoms with Gasteiger partial charge in [0.2, 0.25) is 5.89 Å². The zero-order valence-electron chi connectivity index (χ0n) is 24.1. The molecule has 7 aromatic carbocycles. The standard InChI is InChI=1S/C40H24N4O/c1-3-11-26(12-4-1)37-42-38(27-13-5-2-6-14-27)44-39(43-37)29-20-19-25-21-22-35-36(33(25)24-29)45-40(41-35)34-23-28-15-7-8-16-30(28)31-17-9-10-18-32(31)34/h1-24H. The van der Waals surface area contributed by atoms with Gasteiger partial charge >= 0.3 is 0 Å². The van der Waals surface area contributed by atoms with Gasteiger partial charge in [-0.25, -0.2) is 19.9 Å².